The average molecular weight is 323 g/mol. The Kier molecular flexibility index (Phi) is 8.67. The predicted octanol–water partition coefficient (Wildman–Crippen LogP) is 8.25. The van der Waals surface area contributed by atoms with E-state index in [0.717, 1.165) is 17.8 Å². The standard InChI is InChI=1S/C12H24.C11H22/c1-10-5-7-11(8-6-10)9-12(2,3)4;1-11(2,3)9-10-7-5-4-6-8-10/h10-11H,5-9H2,1-4H3;10H,4-9H2,1-3H3. The molecule has 0 spiro atoms. The molecule has 2 rings (SSSR count). The van der Waals surface area contributed by atoms with Crippen LogP contribution < -0.4 is 0 Å². The fraction of sp³-hybridized carbons (Fsp3) is 1.00. The van der Waals surface area contributed by atoms with E-state index >= 15 is 0 Å². The van der Waals surface area contributed by atoms with E-state index in [1.54, 1.807) is 0 Å². The molecule has 2 saturated carbocycles. The summed E-state index contributed by atoms with van der Waals surface area (Å²) >= 11 is 0. The summed E-state index contributed by atoms with van der Waals surface area (Å²) in [7, 11) is 0. The lowest BCUT2D eigenvalue weighted by Gasteiger charge is -2.31. The minimum Gasteiger partial charge on any atom is -0.0625 e. The molecule has 0 aliphatic heterocycles. The molecule has 0 bridgehead atoms. The molecular weight excluding hydrogens is 276 g/mol. The third-order valence-corrected chi connectivity index (χ3v) is 5.66. The van der Waals surface area contributed by atoms with E-state index < -0.39 is 0 Å². The van der Waals surface area contributed by atoms with Crippen molar-refractivity contribution in [3.63, 3.8) is 0 Å². The van der Waals surface area contributed by atoms with E-state index in [4.69, 9.17) is 0 Å². The highest BCUT2D eigenvalue weighted by Crippen LogP contribution is 2.36. The summed E-state index contributed by atoms with van der Waals surface area (Å²) in [6.07, 6.45) is 16.2. The summed E-state index contributed by atoms with van der Waals surface area (Å²) in [6.45, 7) is 16.6. The summed E-state index contributed by atoms with van der Waals surface area (Å²) in [5.74, 6) is 3.08. The van der Waals surface area contributed by atoms with Crippen molar-refractivity contribution in [3.05, 3.63) is 0 Å². The van der Waals surface area contributed by atoms with Gasteiger partial charge in [0.2, 0.25) is 0 Å². The van der Waals surface area contributed by atoms with Gasteiger partial charge in [0.05, 0.1) is 0 Å². The van der Waals surface area contributed by atoms with Gasteiger partial charge in [0.1, 0.15) is 0 Å². The van der Waals surface area contributed by atoms with Crippen LogP contribution in [0.1, 0.15) is 119 Å². The predicted molar refractivity (Wildman–Crippen MR) is 106 cm³/mol. The third-order valence-electron chi connectivity index (χ3n) is 5.66. The molecule has 2 fully saturated rings. The molecule has 0 heterocycles. The van der Waals surface area contributed by atoms with Crippen LogP contribution in [0.15, 0.2) is 0 Å². The highest BCUT2D eigenvalue weighted by Gasteiger charge is 2.23. The smallest absolute Gasteiger partial charge is 0.0380 e. The molecule has 0 aromatic heterocycles. The normalized spacial score (nSPS) is 27.3. The SMILES string of the molecule is CC(C)(C)CC1CCCCC1.CC1CCC(CC(C)(C)C)CC1. The zero-order valence-corrected chi connectivity index (χ0v) is 17.5. The maximum absolute atomic E-state index is 2.40. The van der Waals surface area contributed by atoms with Gasteiger partial charge in [-0.1, -0.05) is 106 Å². The van der Waals surface area contributed by atoms with Crippen molar-refractivity contribution < 1.29 is 0 Å². The Balaban J connectivity index is 0.000000231. The molecule has 138 valence electrons. The Morgan fingerprint density at radius 3 is 1.35 bits per heavy atom. The quantitative estimate of drug-likeness (QED) is 0.480. The van der Waals surface area contributed by atoms with Gasteiger partial charge in [-0.05, 0) is 41.4 Å². The summed E-state index contributed by atoms with van der Waals surface area (Å²) in [4.78, 5) is 0. The van der Waals surface area contributed by atoms with Crippen molar-refractivity contribution in [2.45, 2.75) is 119 Å². The fourth-order valence-electron chi connectivity index (χ4n) is 4.66. The minimum absolute atomic E-state index is 0.547. The first-order valence-electron chi connectivity index (χ1n) is 10.6. The first-order chi connectivity index (χ1) is 10.6. The molecule has 0 radical (unpaired) electrons. The first kappa shape index (κ1) is 21.0. The molecule has 2 aliphatic rings. The van der Waals surface area contributed by atoms with Crippen LogP contribution in [0.5, 0.6) is 0 Å². The zero-order chi connectivity index (χ0) is 17.5. The Labute approximate surface area is 148 Å². The van der Waals surface area contributed by atoms with Crippen LogP contribution in [-0.4, -0.2) is 0 Å². The van der Waals surface area contributed by atoms with Crippen LogP contribution in [0.2, 0.25) is 0 Å². The first-order valence-corrected chi connectivity index (χ1v) is 10.6. The van der Waals surface area contributed by atoms with Crippen LogP contribution in [0.4, 0.5) is 0 Å². The van der Waals surface area contributed by atoms with Crippen LogP contribution in [0, 0.1) is 28.6 Å². The van der Waals surface area contributed by atoms with Crippen molar-refractivity contribution in [1.82, 2.24) is 0 Å². The second-order valence-electron chi connectivity index (χ2n) is 11.2. The van der Waals surface area contributed by atoms with Crippen molar-refractivity contribution in [1.29, 1.82) is 0 Å². The minimum atomic E-state index is 0.547. The van der Waals surface area contributed by atoms with Crippen molar-refractivity contribution in [3.8, 4) is 0 Å². The van der Waals surface area contributed by atoms with E-state index in [0.29, 0.717) is 10.8 Å². The molecule has 0 aromatic carbocycles. The highest BCUT2D eigenvalue weighted by molar-refractivity contribution is 4.75. The van der Waals surface area contributed by atoms with Crippen LogP contribution in [0.3, 0.4) is 0 Å². The third kappa shape index (κ3) is 11.2. The summed E-state index contributed by atoms with van der Waals surface area (Å²) in [5, 5.41) is 0. The van der Waals surface area contributed by atoms with Gasteiger partial charge >= 0.3 is 0 Å². The largest absolute Gasteiger partial charge is 0.0625 e. The molecule has 0 N–H and O–H groups in total. The lowest BCUT2D eigenvalue weighted by molar-refractivity contribution is 0.212. The van der Waals surface area contributed by atoms with Gasteiger partial charge in [0.15, 0.2) is 0 Å². The second kappa shape index (κ2) is 9.47. The van der Waals surface area contributed by atoms with Crippen LogP contribution in [0.25, 0.3) is 0 Å². The molecule has 0 unspecified atom stereocenters. The maximum Gasteiger partial charge on any atom is -0.0380 e. The van der Waals surface area contributed by atoms with Gasteiger partial charge in [0, 0.05) is 0 Å². The lowest BCUT2D eigenvalue weighted by Crippen LogP contribution is -2.18. The topological polar surface area (TPSA) is 0 Å². The van der Waals surface area contributed by atoms with E-state index in [9.17, 15) is 0 Å². The molecular formula is C23H46. The molecule has 0 saturated heterocycles. The maximum atomic E-state index is 2.40. The second-order valence-corrected chi connectivity index (χ2v) is 11.2. The van der Waals surface area contributed by atoms with E-state index in [-0.39, 0.29) is 0 Å². The average Bonchev–Trinajstić information content (AvgIpc) is 2.40. The van der Waals surface area contributed by atoms with Crippen LogP contribution in [-0.2, 0) is 0 Å². The van der Waals surface area contributed by atoms with Gasteiger partial charge < -0.3 is 0 Å². The van der Waals surface area contributed by atoms with Gasteiger partial charge in [0.25, 0.3) is 0 Å². The fourth-order valence-corrected chi connectivity index (χ4v) is 4.66. The van der Waals surface area contributed by atoms with E-state index in [2.05, 4.69) is 48.5 Å². The Bertz CT molecular complexity index is 287. The van der Waals surface area contributed by atoms with Gasteiger partial charge in [-0.3, -0.25) is 0 Å². The van der Waals surface area contributed by atoms with Gasteiger partial charge in [-0.25, -0.2) is 0 Å². The van der Waals surface area contributed by atoms with Crippen molar-refractivity contribution in [2.75, 3.05) is 0 Å². The number of hydrogen-bond donors (Lipinski definition) is 0. The molecule has 23 heavy (non-hydrogen) atoms. The van der Waals surface area contributed by atoms with Gasteiger partial charge in [-0.2, -0.15) is 0 Å². The summed E-state index contributed by atoms with van der Waals surface area (Å²) in [5.41, 5.74) is 1.10. The van der Waals surface area contributed by atoms with Gasteiger partial charge in [-0.15, -0.1) is 0 Å². The molecule has 0 heteroatoms. The molecule has 0 amide bonds. The number of rotatable bonds is 2. The Morgan fingerprint density at radius 1 is 0.565 bits per heavy atom. The van der Waals surface area contributed by atoms with Crippen molar-refractivity contribution >= 4 is 0 Å². The van der Waals surface area contributed by atoms with E-state index in [1.807, 2.05) is 0 Å². The van der Waals surface area contributed by atoms with Crippen LogP contribution >= 0.6 is 0 Å². The Morgan fingerprint density at radius 2 is 0.957 bits per heavy atom. The summed E-state index contributed by atoms with van der Waals surface area (Å²) in [6, 6.07) is 0. The molecule has 0 aromatic rings. The molecule has 2 aliphatic carbocycles. The summed E-state index contributed by atoms with van der Waals surface area (Å²) < 4.78 is 0. The number of hydrogen-bond acceptors (Lipinski definition) is 0. The molecule has 0 atom stereocenters. The zero-order valence-electron chi connectivity index (χ0n) is 17.5. The van der Waals surface area contributed by atoms with E-state index in [1.165, 1.54) is 70.6 Å². The lowest BCUT2D eigenvalue weighted by atomic mass is 9.75. The monoisotopic (exact) mass is 322 g/mol. The highest BCUT2D eigenvalue weighted by atomic mass is 14.3. The Hall–Kier alpha value is 0. The van der Waals surface area contributed by atoms with Crippen molar-refractivity contribution in [2.24, 2.45) is 28.6 Å². The molecule has 0 nitrogen and oxygen atoms in total.